The van der Waals surface area contributed by atoms with Crippen molar-refractivity contribution in [2.75, 3.05) is 6.61 Å². The minimum absolute atomic E-state index is 0.247. The summed E-state index contributed by atoms with van der Waals surface area (Å²) in [5.41, 5.74) is 6.60. The van der Waals surface area contributed by atoms with Crippen LogP contribution in [0.25, 0.3) is 0 Å². The van der Waals surface area contributed by atoms with E-state index in [4.69, 9.17) is 15.6 Å². The van der Waals surface area contributed by atoms with Crippen LogP contribution in [-0.2, 0) is 0 Å². The fraction of sp³-hybridized carbons (Fsp3) is 0.222. The molecule has 0 saturated carbocycles. The van der Waals surface area contributed by atoms with E-state index < -0.39 is 5.97 Å². The van der Waals surface area contributed by atoms with Crippen molar-refractivity contribution in [3.63, 3.8) is 0 Å². The molecule has 4 nitrogen and oxygen atoms in total. The largest absolute Gasteiger partial charge is 0.491 e. The van der Waals surface area contributed by atoms with Crippen LogP contribution in [0.5, 0.6) is 5.75 Å². The van der Waals surface area contributed by atoms with Gasteiger partial charge in [-0.1, -0.05) is 0 Å². The third-order valence-corrected chi connectivity index (χ3v) is 2.75. The molecule has 0 unspecified atom stereocenters. The Balaban J connectivity index is 2.65. The maximum atomic E-state index is 10.9. The third kappa shape index (κ3) is 1.46. The van der Waals surface area contributed by atoms with Crippen molar-refractivity contribution < 1.29 is 14.6 Å². The molecule has 0 spiro atoms. The van der Waals surface area contributed by atoms with Gasteiger partial charge < -0.3 is 15.6 Å². The van der Waals surface area contributed by atoms with Crippen LogP contribution in [-0.4, -0.2) is 17.7 Å². The molecule has 1 aromatic rings. The monoisotopic (exact) mass is 305 g/mol. The Bertz CT molecular complexity index is 405. The van der Waals surface area contributed by atoms with Crippen LogP contribution in [0.15, 0.2) is 12.1 Å². The molecule has 5 heteroatoms. The highest BCUT2D eigenvalue weighted by atomic mass is 127. The lowest BCUT2D eigenvalue weighted by Crippen LogP contribution is -2.14. The Kier molecular flexibility index (Phi) is 2.36. The lowest BCUT2D eigenvalue weighted by molar-refractivity contribution is 0.0695. The number of ether oxygens (including phenoxy) is 1. The van der Waals surface area contributed by atoms with Crippen LogP contribution in [0.1, 0.15) is 22.0 Å². The normalized spacial score (nSPS) is 18.9. The van der Waals surface area contributed by atoms with Gasteiger partial charge in [0.25, 0.3) is 0 Å². The molecule has 0 fully saturated rings. The minimum Gasteiger partial charge on any atom is -0.491 e. The van der Waals surface area contributed by atoms with Crippen LogP contribution < -0.4 is 10.5 Å². The van der Waals surface area contributed by atoms with Crippen molar-refractivity contribution in [3.8, 4) is 5.75 Å². The van der Waals surface area contributed by atoms with Crippen molar-refractivity contribution in [1.82, 2.24) is 0 Å². The maximum absolute atomic E-state index is 10.9. The summed E-state index contributed by atoms with van der Waals surface area (Å²) < 4.78 is 6.13. The van der Waals surface area contributed by atoms with E-state index >= 15 is 0 Å². The summed E-state index contributed by atoms with van der Waals surface area (Å²) in [7, 11) is 0. The van der Waals surface area contributed by atoms with Crippen molar-refractivity contribution in [2.45, 2.75) is 6.04 Å². The van der Waals surface area contributed by atoms with Gasteiger partial charge in [-0.25, -0.2) is 4.79 Å². The Hall–Kier alpha value is -0.820. The SMILES string of the molecule is N[C@H]1COc2cc(I)cc(C(=O)O)c21. The highest BCUT2D eigenvalue weighted by Gasteiger charge is 2.27. The maximum Gasteiger partial charge on any atom is 0.336 e. The molecule has 1 aliphatic rings. The zero-order valence-corrected chi connectivity index (χ0v) is 9.32. The predicted molar refractivity (Wildman–Crippen MR) is 58.5 cm³/mol. The van der Waals surface area contributed by atoms with Gasteiger partial charge >= 0.3 is 5.97 Å². The third-order valence-electron chi connectivity index (χ3n) is 2.13. The smallest absolute Gasteiger partial charge is 0.336 e. The number of halogens is 1. The molecule has 1 aliphatic heterocycles. The van der Waals surface area contributed by atoms with Gasteiger partial charge in [-0.15, -0.1) is 0 Å². The summed E-state index contributed by atoms with van der Waals surface area (Å²) in [6, 6.07) is 3.08. The molecule has 0 saturated heterocycles. The Morgan fingerprint density at radius 2 is 2.36 bits per heavy atom. The first kappa shape index (κ1) is 9.72. The van der Waals surface area contributed by atoms with E-state index in [0.29, 0.717) is 17.9 Å². The van der Waals surface area contributed by atoms with Crippen LogP contribution in [0, 0.1) is 3.57 Å². The summed E-state index contributed by atoms with van der Waals surface area (Å²) in [6.07, 6.45) is 0. The van der Waals surface area contributed by atoms with E-state index in [1.165, 1.54) is 0 Å². The number of rotatable bonds is 1. The lowest BCUT2D eigenvalue weighted by atomic mass is 10.0. The number of benzene rings is 1. The fourth-order valence-electron chi connectivity index (χ4n) is 1.53. The molecule has 1 atom stereocenters. The minimum atomic E-state index is -0.958. The second-order valence-electron chi connectivity index (χ2n) is 3.09. The van der Waals surface area contributed by atoms with Gasteiger partial charge in [-0.05, 0) is 34.7 Å². The van der Waals surface area contributed by atoms with Gasteiger partial charge in [0.1, 0.15) is 12.4 Å². The number of carboxylic acid groups (broad SMARTS) is 1. The quantitative estimate of drug-likeness (QED) is 0.769. The molecular weight excluding hydrogens is 297 g/mol. The van der Waals surface area contributed by atoms with Crippen LogP contribution >= 0.6 is 22.6 Å². The Labute approximate surface area is 94.2 Å². The number of hydrogen-bond acceptors (Lipinski definition) is 3. The fourth-order valence-corrected chi connectivity index (χ4v) is 2.13. The van der Waals surface area contributed by atoms with E-state index in [1.54, 1.807) is 12.1 Å². The molecular formula is C9H8INO3. The molecule has 0 radical (unpaired) electrons. The lowest BCUT2D eigenvalue weighted by Gasteiger charge is -2.06. The van der Waals surface area contributed by atoms with Crippen molar-refractivity contribution in [3.05, 3.63) is 26.8 Å². The number of nitrogens with two attached hydrogens (primary N) is 1. The first-order chi connectivity index (χ1) is 6.59. The molecule has 0 bridgehead atoms. The number of fused-ring (bicyclic) bond motifs is 1. The number of carboxylic acids is 1. The van der Waals surface area contributed by atoms with Gasteiger partial charge in [0.15, 0.2) is 0 Å². The Morgan fingerprint density at radius 1 is 1.64 bits per heavy atom. The standard InChI is InChI=1S/C9H8INO3/c10-4-1-5(9(12)13)8-6(11)3-14-7(8)2-4/h1-2,6H,3,11H2,(H,12,13)/t6-/m0/s1. The molecule has 1 aromatic carbocycles. The van der Waals surface area contributed by atoms with E-state index in [0.717, 1.165) is 3.57 Å². The van der Waals surface area contributed by atoms with Gasteiger partial charge in [-0.3, -0.25) is 0 Å². The summed E-state index contributed by atoms with van der Waals surface area (Å²) >= 11 is 2.06. The summed E-state index contributed by atoms with van der Waals surface area (Å²) in [5.74, 6) is -0.359. The van der Waals surface area contributed by atoms with Crippen molar-refractivity contribution in [1.29, 1.82) is 0 Å². The van der Waals surface area contributed by atoms with Crippen molar-refractivity contribution >= 4 is 28.6 Å². The molecule has 0 aliphatic carbocycles. The molecule has 3 N–H and O–H groups in total. The second-order valence-corrected chi connectivity index (χ2v) is 4.33. The average molecular weight is 305 g/mol. The topological polar surface area (TPSA) is 72.5 Å². The van der Waals surface area contributed by atoms with Crippen molar-refractivity contribution in [2.24, 2.45) is 5.73 Å². The molecule has 0 aromatic heterocycles. The van der Waals surface area contributed by atoms with Gasteiger partial charge in [-0.2, -0.15) is 0 Å². The molecule has 1 heterocycles. The molecule has 2 rings (SSSR count). The van der Waals surface area contributed by atoms with E-state index in [9.17, 15) is 4.79 Å². The van der Waals surface area contributed by atoms with Gasteiger partial charge in [0, 0.05) is 9.13 Å². The first-order valence-electron chi connectivity index (χ1n) is 4.04. The zero-order valence-electron chi connectivity index (χ0n) is 7.16. The van der Waals surface area contributed by atoms with E-state index in [-0.39, 0.29) is 11.6 Å². The van der Waals surface area contributed by atoms with E-state index in [2.05, 4.69) is 22.6 Å². The van der Waals surface area contributed by atoms with E-state index in [1.807, 2.05) is 0 Å². The highest BCUT2D eigenvalue weighted by molar-refractivity contribution is 14.1. The zero-order chi connectivity index (χ0) is 10.3. The first-order valence-corrected chi connectivity index (χ1v) is 5.12. The Morgan fingerprint density at radius 3 is 3.00 bits per heavy atom. The number of aromatic carboxylic acids is 1. The van der Waals surface area contributed by atoms with Gasteiger partial charge in [0.05, 0.1) is 11.6 Å². The second kappa shape index (κ2) is 3.39. The summed E-state index contributed by atoms with van der Waals surface area (Å²) in [6.45, 7) is 0.357. The highest BCUT2D eigenvalue weighted by Crippen LogP contribution is 2.35. The summed E-state index contributed by atoms with van der Waals surface area (Å²) in [5, 5.41) is 8.98. The van der Waals surface area contributed by atoms with Gasteiger partial charge in [0.2, 0.25) is 0 Å². The molecule has 14 heavy (non-hydrogen) atoms. The van der Waals surface area contributed by atoms with Crippen LogP contribution in [0.2, 0.25) is 0 Å². The summed E-state index contributed by atoms with van der Waals surface area (Å²) in [4.78, 5) is 10.9. The number of hydrogen-bond donors (Lipinski definition) is 2. The number of carbonyl (C=O) groups is 1. The molecule has 74 valence electrons. The van der Waals surface area contributed by atoms with Crippen LogP contribution in [0.4, 0.5) is 0 Å². The predicted octanol–water partition coefficient (Wildman–Crippen LogP) is 1.38. The van der Waals surface area contributed by atoms with Crippen LogP contribution in [0.3, 0.4) is 0 Å². The molecule has 0 amide bonds. The average Bonchev–Trinajstić information content (AvgIpc) is 2.46.